The molecule has 0 aromatic heterocycles. The van der Waals surface area contributed by atoms with E-state index in [4.69, 9.17) is 0 Å². The summed E-state index contributed by atoms with van der Waals surface area (Å²) in [7, 11) is -5.38. The lowest BCUT2D eigenvalue weighted by Crippen LogP contribution is -2.14. The molecule has 10 heteroatoms. The zero-order valence-electron chi connectivity index (χ0n) is 15.4. The first-order valence-corrected chi connectivity index (χ1v) is 11.5. The van der Waals surface area contributed by atoms with Gasteiger partial charge in [-0.2, -0.15) is 0 Å². The number of hydrogen-bond donors (Lipinski definition) is 0. The molecule has 28 heavy (non-hydrogen) atoms. The van der Waals surface area contributed by atoms with Crippen LogP contribution >= 0.6 is 0 Å². The van der Waals surface area contributed by atoms with Gasteiger partial charge in [0.2, 0.25) is 0 Å². The highest BCUT2D eigenvalue weighted by Gasteiger charge is 2.23. The van der Waals surface area contributed by atoms with Crippen LogP contribution in [0.3, 0.4) is 0 Å². The quantitative estimate of drug-likeness (QED) is 0.580. The Labute approximate surface area is 163 Å². The Hall–Kier alpha value is -2.46. The van der Waals surface area contributed by atoms with Gasteiger partial charge in [0, 0.05) is 10.8 Å². The normalized spacial score (nSPS) is 11.9. The summed E-state index contributed by atoms with van der Waals surface area (Å²) in [6.07, 6.45) is -0.626. The monoisotopic (exact) mass is 428 g/mol. The van der Waals surface area contributed by atoms with Crippen LogP contribution < -0.4 is 0 Å². The third-order valence-electron chi connectivity index (χ3n) is 4.12. The maximum atomic E-state index is 12.7. The minimum absolute atomic E-state index is 0.0704. The maximum absolute atomic E-state index is 12.7. The van der Waals surface area contributed by atoms with E-state index >= 15 is 0 Å². The minimum Gasteiger partial charge on any atom is -0.469 e. The van der Waals surface area contributed by atoms with Gasteiger partial charge in [-0.1, -0.05) is 24.3 Å². The van der Waals surface area contributed by atoms with Gasteiger partial charge in [-0.05, 0) is 12.1 Å². The standard InChI is InChI=1S/C18H20O8S2/c1-25-17(19)9-11-27(21,22)15-7-3-6-14-13(15)5-4-8-16(14)28(23,24)12-10-18(20)26-2/h3-8H,9-12H2,1-2H3. The number of benzene rings is 2. The molecule has 0 aliphatic carbocycles. The number of fused-ring (bicyclic) bond motifs is 1. The molecule has 0 atom stereocenters. The number of hydrogen-bond acceptors (Lipinski definition) is 8. The topological polar surface area (TPSA) is 121 Å². The molecule has 0 N–H and O–H groups in total. The van der Waals surface area contributed by atoms with Crippen LogP contribution in [-0.2, 0) is 38.7 Å². The average molecular weight is 428 g/mol. The molecule has 0 aliphatic heterocycles. The van der Waals surface area contributed by atoms with Crippen molar-refractivity contribution in [2.24, 2.45) is 0 Å². The van der Waals surface area contributed by atoms with Crippen LogP contribution in [0.25, 0.3) is 10.8 Å². The van der Waals surface area contributed by atoms with Gasteiger partial charge in [-0.15, -0.1) is 0 Å². The summed E-state index contributed by atoms with van der Waals surface area (Å²) < 4.78 is 59.6. The fraction of sp³-hybridized carbons (Fsp3) is 0.333. The van der Waals surface area contributed by atoms with Gasteiger partial charge in [0.1, 0.15) is 0 Å². The van der Waals surface area contributed by atoms with E-state index < -0.39 is 43.1 Å². The highest BCUT2D eigenvalue weighted by atomic mass is 32.2. The molecule has 0 amide bonds. The van der Waals surface area contributed by atoms with Crippen molar-refractivity contribution in [2.75, 3.05) is 25.7 Å². The average Bonchev–Trinajstić information content (AvgIpc) is 2.69. The largest absolute Gasteiger partial charge is 0.469 e. The van der Waals surface area contributed by atoms with E-state index in [9.17, 15) is 26.4 Å². The third kappa shape index (κ3) is 4.87. The van der Waals surface area contributed by atoms with E-state index in [0.29, 0.717) is 0 Å². The molecular weight excluding hydrogens is 408 g/mol. The van der Waals surface area contributed by atoms with Gasteiger partial charge in [0.15, 0.2) is 19.7 Å². The number of esters is 2. The van der Waals surface area contributed by atoms with Gasteiger partial charge >= 0.3 is 11.9 Å². The van der Waals surface area contributed by atoms with Gasteiger partial charge in [-0.25, -0.2) is 16.8 Å². The second kappa shape index (κ2) is 8.70. The van der Waals surface area contributed by atoms with Crippen LogP contribution in [0.2, 0.25) is 0 Å². The molecule has 152 valence electrons. The molecule has 0 fully saturated rings. The summed E-state index contributed by atoms with van der Waals surface area (Å²) in [5, 5.41) is 0.456. The molecule has 0 heterocycles. The third-order valence-corrected chi connectivity index (χ3v) is 7.65. The molecule has 8 nitrogen and oxygen atoms in total. The van der Waals surface area contributed by atoms with Crippen LogP contribution in [-0.4, -0.2) is 54.5 Å². The molecule has 2 rings (SSSR count). The number of methoxy groups -OCH3 is 2. The Morgan fingerprint density at radius 2 is 1.07 bits per heavy atom. The lowest BCUT2D eigenvalue weighted by Gasteiger charge is -2.11. The van der Waals surface area contributed by atoms with E-state index in [1.807, 2.05) is 0 Å². The van der Waals surface area contributed by atoms with E-state index in [2.05, 4.69) is 9.47 Å². The molecule has 0 saturated carbocycles. The Kier molecular flexibility index (Phi) is 6.78. The first-order valence-electron chi connectivity index (χ1n) is 8.23. The first kappa shape index (κ1) is 21.8. The second-order valence-corrected chi connectivity index (χ2v) is 10.1. The fourth-order valence-electron chi connectivity index (χ4n) is 2.65. The smallest absolute Gasteiger partial charge is 0.306 e. The lowest BCUT2D eigenvalue weighted by molar-refractivity contribution is -0.141. The van der Waals surface area contributed by atoms with Crippen molar-refractivity contribution in [1.29, 1.82) is 0 Å². The van der Waals surface area contributed by atoms with Crippen molar-refractivity contribution in [2.45, 2.75) is 22.6 Å². The highest BCUT2D eigenvalue weighted by molar-refractivity contribution is 7.92. The molecule has 0 unspecified atom stereocenters. The van der Waals surface area contributed by atoms with Gasteiger partial charge in [-0.3, -0.25) is 9.59 Å². The summed E-state index contributed by atoms with van der Waals surface area (Å²) in [4.78, 5) is 22.4. The van der Waals surface area contributed by atoms with E-state index in [0.717, 1.165) is 0 Å². The molecule has 0 bridgehead atoms. The summed E-state index contributed by atoms with van der Waals surface area (Å²) in [5.41, 5.74) is 0. The Bertz CT molecular complexity index is 1010. The van der Waals surface area contributed by atoms with Gasteiger partial charge in [0.25, 0.3) is 0 Å². The molecule has 2 aromatic carbocycles. The lowest BCUT2D eigenvalue weighted by atomic mass is 10.1. The zero-order valence-corrected chi connectivity index (χ0v) is 17.0. The van der Waals surface area contributed by atoms with Crippen molar-refractivity contribution < 1.29 is 35.9 Å². The van der Waals surface area contributed by atoms with Crippen molar-refractivity contribution in [3.63, 3.8) is 0 Å². The Morgan fingerprint density at radius 3 is 1.39 bits per heavy atom. The number of rotatable bonds is 8. The van der Waals surface area contributed by atoms with Crippen LogP contribution in [0, 0.1) is 0 Å². The van der Waals surface area contributed by atoms with Gasteiger partial charge in [0.05, 0.1) is 48.4 Å². The van der Waals surface area contributed by atoms with Crippen LogP contribution in [0.15, 0.2) is 46.2 Å². The van der Waals surface area contributed by atoms with E-state index in [1.54, 1.807) is 0 Å². The summed E-state index contributed by atoms with van der Waals surface area (Å²) in [6.45, 7) is 0. The molecule has 0 radical (unpaired) electrons. The minimum atomic E-state index is -3.85. The Morgan fingerprint density at radius 1 is 0.714 bits per heavy atom. The maximum Gasteiger partial charge on any atom is 0.306 e. The number of carbonyl (C=O) groups excluding carboxylic acids is 2. The van der Waals surface area contributed by atoms with Crippen LogP contribution in [0.5, 0.6) is 0 Å². The van der Waals surface area contributed by atoms with Crippen molar-refractivity contribution in [3.05, 3.63) is 36.4 Å². The van der Waals surface area contributed by atoms with Crippen molar-refractivity contribution >= 4 is 42.4 Å². The first-order chi connectivity index (χ1) is 13.1. The van der Waals surface area contributed by atoms with Crippen LogP contribution in [0.4, 0.5) is 0 Å². The molecule has 0 spiro atoms. The molecule has 0 saturated heterocycles. The number of carbonyl (C=O) groups is 2. The van der Waals surface area contributed by atoms with E-state index in [-0.39, 0.29) is 33.4 Å². The highest BCUT2D eigenvalue weighted by Crippen LogP contribution is 2.30. The summed E-state index contributed by atoms with van der Waals surface area (Å²) in [5.74, 6) is -2.24. The molecule has 2 aromatic rings. The van der Waals surface area contributed by atoms with E-state index in [1.165, 1.54) is 50.6 Å². The Balaban J connectivity index is 2.50. The number of sulfone groups is 2. The number of ether oxygens (including phenoxy) is 2. The van der Waals surface area contributed by atoms with Gasteiger partial charge < -0.3 is 9.47 Å². The van der Waals surface area contributed by atoms with Crippen LogP contribution in [0.1, 0.15) is 12.8 Å². The molecule has 0 aliphatic rings. The summed E-state index contributed by atoms with van der Waals surface area (Å²) >= 11 is 0. The fourth-order valence-corrected chi connectivity index (χ4v) is 5.56. The summed E-state index contributed by atoms with van der Waals surface area (Å²) in [6, 6.07) is 8.60. The SMILES string of the molecule is COC(=O)CCS(=O)(=O)c1cccc2c(S(=O)(=O)CCC(=O)OC)cccc12. The predicted molar refractivity (Wildman–Crippen MR) is 101 cm³/mol. The zero-order chi connectivity index (χ0) is 20.9. The van der Waals surface area contributed by atoms with Crippen molar-refractivity contribution in [3.8, 4) is 0 Å². The van der Waals surface area contributed by atoms with Crippen molar-refractivity contribution in [1.82, 2.24) is 0 Å². The molecular formula is C18H20O8S2. The predicted octanol–water partition coefficient (Wildman–Crippen LogP) is 1.51. The second-order valence-electron chi connectivity index (χ2n) is 5.90.